The number of rotatable bonds is 1. The highest BCUT2D eigenvalue weighted by Gasteiger charge is 2.41. The number of hydrogen-bond acceptors (Lipinski definition) is 2. The Balaban J connectivity index is 1.78. The van der Waals surface area contributed by atoms with Crippen molar-refractivity contribution in [3.63, 3.8) is 0 Å². The second kappa shape index (κ2) is 4.11. The molecule has 2 atom stereocenters. The van der Waals surface area contributed by atoms with E-state index in [1.165, 1.54) is 44.3 Å². The Morgan fingerprint density at radius 3 is 3.06 bits per heavy atom. The molecule has 0 bridgehead atoms. The van der Waals surface area contributed by atoms with Crippen LogP contribution in [0.15, 0.2) is 22.9 Å². The lowest BCUT2D eigenvalue weighted by atomic mass is 9.84. The Morgan fingerprint density at radius 2 is 2.31 bits per heavy atom. The van der Waals surface area contributed by atoms with E-state index in [1.54, 1.807) is 0 Å². The van der Waals surface area contributed by atoms with Crippen LogP contribution in [0.2, 0.25) is 0 Å². The molecule has 1 aliphatic carbocycles. The number of aromatic nitrogens is 1. The van der Waals surface area contributed by atoms with Gasteiger partial charge in [0.1, 0.15) is 0 Å². The van der Waals surface area contributed by atoms with Crippen LogP contribution in [0.25, 0.3) is 0 Å². The minimum Gasteiger partial charge on any atom is -0.316 e. The summed E-state index contributed by atoms with van der Waals surface area (Å²) in [4.78, 5) is 4.28. The lowest BCUT2D eigenvalue weighted by Gasteiger charge is -2.21. The zero-order valence-electron chi connectivity index (χ0n) is 9.38. The molecule has 1 N–H and O–H groups in total. The second-order valence-corrected chi connectivity index (χ2v) is 6.22. The monoisotopic (exact) mass is 280 g/mol. The summed E-state index contributed by atoms with van der Waals surface area (Å²) in [6, 6.07) is 2.24. The van der Waals surface area contributed by atoms with Gasteiger partial charge in [0.05, 0.1) is 0 Å². The van der Waals surface area contributed by atoms with Crippen LogP contribution < -0.4 is 5.32 Å². The van der Waals surface area contributed by atoms with Crippen molar-refractivity contribution >= 4 is 15.9 Å². The van der Waals surface area contributed by atoms with Crippen LogP contribution in [0.1, 0.15) is 37.2 Å². The number of hydrogen-bond donors (Lipinski definition) is 1. The van der Waals surface area contributed by atoms with Gasteiger partial charge in [-0.25, -0.2) is 0 Å². The van der Waals surface area contributed by atoms with E-state index in [1.807, 2.05) is 12.4 Å². The van der Waals surface area contributed by atoms with E-state index >= 15 is 0 Å². The first kappa shape index (κ1) is 10.7. The Kier molecular flexibility index (Phi) is 2.76. The van der Waals surface area contributed by atoms with Crippen molar-refractivity contribution in [2.24, 2.45) is 5.41 Å². The molecule has 2 nitrogen and oxygen atoms in total. The molecule has 2 fully saturated rings. The summed E-state index contributed by atoms with van der Waals surface area (Å²) in [6.07, 6.45) is 9.34. The predicted octanol–water partition coefficient (Wildman–Crippen LogP) is 3.09. The molecule has 1 spiro atoms. The van der Waals surface area contributed by atoms with Gasteiger partial charge >= 0.3 is 0 Å². The molecule has 1 aromatic heterocycles. The Morgan fingerprint density at radius 1 is 1.38 bits per heavy atom. The van der Waals surface area contributed by atoms with Gasteiger partial charge in [-0.15, -0.1) is 0 Å². The quantitative estimate of drug-likeness (QED) is 0.855. The minimum absolute atomic E-state index is 0.604. The molecule has 3 rings (SSSR count). The van der Waals surface area contributed by atoms with E-state index in [0.29, 0.717) is 5.41 Å². The third kappa shape index (κ3) is 1.91. The van der Waals surface area contributed by atoms with Crippen molar-refractivity contribution in [1.29, 1.82) is 0 Å². The van der Waals surface area contributed by atoms with Gasteiger partial charge in [0.2, 0.25) is 0 Å². The van der Waals surface area contributed by atoms with Crippen molar-refractivity contribution in [3.05, 3.63) is 28.5 Å². The van der Waals surface area contributed by atoms with Crippen LogP contribution in [-0.2, 0) is 0 Å². The summed E-state index contributed by atoms with van der Waals surface area (Å²) in [6.45, 7) is 2.44. The van der Waals surface area contributed by atoms with Gasteiger partial charge in [-0.2, -0.15) is 0 Å². The van der Waals surface area contributed by atoms with Crippen LogP contribution in [0.3, 0.4) is 0 Å². The number of halogens is 1. The first-order chi connectivity index (χ1) is 7.77. The fourth-order valence-electron chi connectivity index (χ4n) is 3.33. The molecule has 0 amide bonds. The van der Waals surface area contributed by atoms with E-state index in [4.69, 9.17) is 0 Å². The zero-order valence-corrected chi connectivity index (χ0v) is 11.0. The maximum Gasteiger partial charge on any atom is 0.0410 e. The first-order valence-corrected chi connectivity index (χ1v) is 6.88. The summed E-state index contributed by atoms with van der Waals surface area (Å²) in [7, 11) is 0. The number of nitrogens with one attached hydrogen (secondary N) is 1. The van der Waals surface area contributed by atoms with Gasteiger partial charge in [-0.05, 0) is 71.1 Å². The van der Waals surface area contributed by atoms with Crippen molar-refractivity contribution < 1.29 is 0 Å². The topological polar surface area (TPSA) is 24.9 Å². The molecular formula is C13H17BrN2. The normalized spacial score (nSPS) is 33.7. The van der Waals surface area contributed by atoms with Crippen LogP contribution in [0, 0.1) is 5.41 Å². The van der Waals surface area contributed by atoms with Crippen LogP contribution in [0.5, 0.6) is 0 Å². The van der Waals surface area contributed by atoms with E-state index in [-0.39, 0.29) is 0 Å². The van der Waals surface area contributed by atoms with Crippen LogP contribution >= 0.6 is 15.9 Å². The smallest absolute Gasteiger partial charge is 0.0410 e. The van der Waals surface area contributed by atoms with Gasteiger partial charge < -0.3 is 5.32 Å². The van der Waals surface area contributed by atoms with E-state index in [0.717, 1.165) is 10.4 Å². The molecule has 0 aromatic carbocycles. The molecule has 1 saturated heterocycles. The summed E-state index contributed by atoms with van der Waals surface area (Å²) < 4.78 is 1.11. The van der Waals surface area contributed by atoms with Crippen molar-refractivity contribution in [1.82, 2.24) is 10.3 Å². The van der Waals surface area contributed by atoms with Crippen molar-refractivity contribution in [3.8, 4) is 0 Å². The molecule has 1 aromatic rings. The number of nitrogens with zero attached hydrogens (tertiary/aromatic N) is 1. The molecule has 2 heterocycles. The molecule has 1 aliphatic heterocycles. The zero-order chi connectivity index (χ0) is 11.0. The van der Waals surface area contributed by atoms with E-state index < -0.39 is 0 Å². The van der Waals surface area contributed by atoms with Gasteiger partial charge in [-0.1, -0.05) is 0 Å². The summed E-state index contributed by atoms with van der Waals surface area (Å²) in [5.74, 6) is 0.727. The number of pyridine rings is 1. The summed E-state index contributed by atoms with van der Waals surface area (Å²) in [5.41, 5.74) is 2.02. The molecule has 2 unspecified atom stereocenters. The average Bonchev–Trinajstić information content (AvgIpc) is 2.90. The average molecular weight is 281 g/mol. The van der Waals surface area contributed by atoms with Crippen molar-refractivity contribution in [2.75, 3.05) is 13.1 Å². The van der Waals surface area contributed by atoms with Gasteiger partial charge in [0.25, 0.3) is 0 Å². The largest absolute Gasteiger partial charge is 0.316 e. The van der Waals surface area contributed by atoms with E-state index in [2.05, 4.69) is 32.3 Å². The summed E-state index contributed by atoms with van der Waals surface area (Å²) >= 11 is 3.51. The molecule has 3 heteroatoms. The molecule has 0 radical (unpaired) electrons. The lowest BCUT2D eigenvalue weighted by Crippen LogP contribution is -2.20. The highest BCUT2D eigenvalue weighted by atomic mass is 79.9. The van der Waals surface area contributed by atoms with E-state index in [9.17, 15) is 0 Å². The van der Waals surface area contributed by atoms with Crippen LogP contribution in [-0.4, -0.2) is 18.1 Å². The maximum absolute atomic E-state index is 4.28. The Hall–Kier alpha value is -0.410. The fraction of sp³-hybridized carbons (Fsp3) is 0.615. The molecule has 1 saturated carbocycles. The fourth-order valence-corrected chi connectivity index (χ4v) is 3.71. The standard InChI is InChI=1S/C13H17BrN2/c14-12-5-11(7-16-8-12)10-1-2-13(6-10)3-4-15-9-13/h5,7-8,10,15H,1-4,6,9H2. The lowest BCUT2D eigenvalue weighted by molar-refractivity contribution is 0.331. The predicted molar refractivity (Wildman–Crippen MR) is 68.4 cm³/mol. The van der Waals surface area contributed by atoms with Gasteiger partial charge in [0.15, 0.2) is 0 Å². The van der Waals surface area contributed by atoms with Crippen molar-refractivity contribution in [2.45, 2.75) is 31.6 Å². The minimum atomic E-state index is 0.604. The third-order valence-electron chi connectivity index (χ3n) is 4.23. The summed E-state index contributed by atoms with van der Waals surface area (Å²) in [5, 5.41) is 3.51. The first-order valence-electron chi connectivity index (χ1n) is 6.09. The third-order valence-corrected chi connectivity index (χ3v) is 4.67. The maximum atomic E-state index is 4.28. The Bertz CT molecular complexity index is 385. The van der Waals surface area contributed by atoms with Crippen LogP contribution in [0.4, 0.5) is 0 Å². The molecular weight excluding hydrogens is 264 g/mol. The highest BCUT2D eigenvalue weighted by Crippen LogP contribution is 2.49. The molecule has 86 valence electrons. The molecule has 16 heavy (non-hydrogen) atoms. The molecule has 2 aliphatic rings. The van der Waals surface area contributed by atoms with Gasteiger partial charge in [-0.3, -0.25) is 4.98 Å². The SMILES string of the molecule is Brc1cncc(C2CCC3(CCNC3)C2)c1. The highest BCUT2D eigenvalue weighted by molar-refractivity contribution is 9.10. The Labute approximate surface area is 105 Å². The van der Waals surface area contributed by atoms with Gasteiger partial charge in [0, 0.05) is 23.4 Å². The second-order valence-electron chi connectivity index (χ2n) is 5.30.